The van der Waals surface area contributed by atoms with Crippen LogP contribution in [0.5, 0.6) is 0 Å². The van der Waals surface area contributed by atoms with Crippen molar-refractivity contribution in [3.63, 3.8) is 0 Å². The molecule has 0 aliphatic heterocycles. The van der Waals surface area contributed by atoms with E-state index in [1.807, 2.05) is 25.1 Å². The molecular weight excluding hydrogens is 286 g/mol. The highest BCUT2D eigenvalue weighted by Gasteiger charge is 2.13. The molecule has 0 saturated carbocycles. The number of rotatable bonds is 2. The van der Waals surface area contributed by atoms with Crippen LogP contribution in [0.4, 0.5) is 5.69 Å². The number of hydrogen-bond donors (Lipinski definition) is 1. The van der Waals surface area contributed by atoms with Crippen LogP contribution in [-0.4, -0.2) is 20.2 Å². The average Bonchev–Trinajstić information content (AvgIpc) is 2.91. The first-order valence-electron chi connectivity index (χ1n) is 6.47. The zero-order valence-electron chi connectivity index (χ0n) is 11.7. The molecule has 0 radical (unpaired) electrons. The van der Waals surface area contributed by atoms with E-state index in [1.165, 1.54) is 5.56 Å². The predicted molar refractivity (Wildman–Crippen MR) is 83.5 cm³/mol. The fourth-order valence-electron chi connectivity index (χ4n) is 2.26. The summed E-state index contributed by atoms with van der Waals surface area (Å²) in [7, 11) is 0. The summed E-state index contributed by atoms with van der Waals surface area (Å²) >= 11 is 5.96. The van der Waals surface area contributed by atoms with E-state index in [1.54, 1.807) is 16.8 Å². The van der Waals surface area contributed by atoms with Gasteiger partial charge in [-0.25, -0.2) is 0 Å². The molecule has 6 heteroatoms. The molecule has 21 heavy (non-hydrogen) atoms. The maximum atomic E-state index is 5.96. The summed E-state index contributed by atoms with van der Waals surface area (Å²) < 4.78 is 1.71. The lowest BCUT2D eigenvalue weighted by molar-refractivity contribution is 0.787. The number of hydrogen-bond acceptors (Lipinski definition) is 4. The van der Waals surface area contributed by atoms with Crippen molar-refractivity contribution >= 4 is 17.3 Å². The van der Waals surface area contributed by atoms with Gasteiger partial charge in [-0.1, -0.05) is 29.3 Å². The minimum absolute atomic E-state index is 0.504. The molecule has 0 spiro atoms. The topological polar surface area (TPSA) is 69.6 Å². The van der Waals surface area contributed by atoms with Crippen LogP contribution >= 0.6 is 11.6 Å². The standard InChI is InChI=1S/C15H14ClN5/c1-9-3-6-14(10(2)7-9)21-15(18-19-20-21)11-4-5-12(16)13(17)8-11/h3-8H,17H2,1-2H3. The van der Waals surface area contributed by atoms with E-state index in [0.29, 0.717) is 16.5 Å². The third-order valence-corrected chi connectivity index (χ3v) is 3.65. The third-order valence-electron chi connectivity index (χ3n) is 3.30. The van der Waals surface area contributed by atoms with Gasteiger partial charge in [0.15, 0.2) is 5.82 Å². The third kappa shape index (κ3) is 2.48. The van der Waals surface area contributed by atoms with Crippen LogP contribution < -0.4 is 5.73 Å². The molecule has 1 heterocycles. The molecule has 0 saturated heterocycles. The second kappa shape index (κ2) is 5.18. The Hall–Kier alpha value is -2.40. The Morgan fingerprint density at radius 3 is 2.62 bits per heavy atom. The maximum Gasteiger partial charge on any atom is 0.187 e. The highest BCUT2D eigenvalue weighted by molar-refractivity contribution is 6.33. The lowest BCUT2D eigenvalue weighted by Gasteiger charge is -2.09. The van der Waals surface area contributed by atoms with Gasteiger partial charge in [-0.2, -0.15) is 4.68 Å². The molecule has 0 fully saturated rings. The van der Waals surface area contributed by atoms with E-state index >= 15 is 0 Å². The Labute approximate surface area is 127 Å². The van der Waals surface area contributed by atoms with Gasteiger partial charge >= 0.3 is 0 Å². The summed E-state index contributed by atoms with van der Waals surface area (Å²) in [5.74, 6) is 0.630. The molecule has 3 rings (SSSR count). The number of nitrogen functional groups attached to an aromatic ring is 1. The van der Waals surface area contributed by atoms with Gasteiger partial charge in [-0.3, -0.25) is 0 Å². The Morgan fingerprint density at radius 2 is 1.90 bits per heavy atom. The molecule has 0 atom stereocenters. The average molecular weight is 300 g/mol. The first-order valence-corrected chi connectivity index (χ1v) is 6.85. The number of aryl methyl sites for hydroxylation is 2. The number of benzene rings is 2. The van der Waals surface area contributed by atoms with Crippen molar-refractivity contribution < 1.29 is 0 Å². The number of nitrogens with two attached hydrogens (primary N) is 1. The fourth-order valence-corrected chi connectivity index (χ4v) is 2.37. The predicted octanol–water partition coefficient (Wildman–Crippen LogP) is 3.18. The first kappa shape index (κ1) is 13.6. The fraction of sp³-hybridized carbons (Fsp3) is 0.133. The number of halogens is 1. The van der Waals surface area contributed by atoms with Crippen molar-refractivity contribution in [1.82, 2.24) is 20.2 Å². The zero-order chi connectivity index (χ0) is 15.0. The van der Waals surface area contributed by atoms with Crippen LogP contribution in [0.3, 0.4) is 0 Å². The van der Waals surface area contributed by atoms with Gasteiger partial charge in [0.1, 0.15) is 0 Å². The Kier molecular flexibility index (Phi) is 3.35. The van der Waals surface area contributed by atoms with E-state index in [4.69, 9.17) is 17.3 Å². The van der Waals surface area contributed by atoms with E-state index < -0.39 is 0 Å². The smallest absolute Gasteiger partial charge is 0.187 e. The summed E-state index contributed by atoms with van der Waals surface area (Å²) in [6, 6.07) is 11.5. The van der Waals surface area contributed by atoms with Crippen molar-refractivity contribution in [3.8, 4) is 17.1 Å². The number of anilines is 1. The molecule has 0 aliphatic rings. The summed E-state index contributed by atoms with van der Waals surface area (Å²) in [4.78, 5) is 0. The van der Waals surface area contributed by atoms with Crippen LogP contribution in [0.2, 0.25) is 5.02 Å². The van der Waals surface area contributed by atoms with Crippen LogP contribution in [0.15, 0.2) is 36.4 Å². The lowest BCUT2D eigenvalue weighted by Crippen LogP contribution is -2.02. The molecule has 106 valence electrons. The van der Waals surface area contributed by atoms with Gasteiger partial charge in [-0.15, -0.1) is 5.10 Å². The minimum Gasteiger partial charge on any atom is -0.398 e. The minimum atomic E-state index is 0.504. The number of nitrogens with zero attached hydrogens (tertiary/aromatic N) is 4. The molecule has 0 aliphatic carbocycles. The summed E-state index contributed by atoms with van der Waals surface area (Å²) in [5.41, 5.74) is 10.4. The van der Waals surface area contributed by atoms with Crippen LogP contribution in [-0.2, 0) is 0 Å². The Bertz CT molecular complexity index is 810. The normalized spacial score (nSPS) is 10.8. The second-order valence-electron chi connectivity index (χ2n) is 4.94. The highest BCUT2D eigenvalue weighted by Crippen LogP contribution is 2.27. The summed E-state index contributed by atoms with van der Waals surface area (Å²) in [6.07, 6.45) is 0. The first-order chi connectivity index (χ1) is 10.1. The summed E-state index contributed by atoms with van der Waals surface area (Å²) in [6.45, 7) is 4.08. The molecule has 2 aromatic carbocycles. The van der Waals surface area contributed by atoms with E-state index in [2.05, 4.69) is 28.5 Å². The van der Waals surface area contributed by atoms with Gasteiger partial charge in [0, 0.05) is 5.56 Å². The molecule has 3 aromatic rings. The van der Waals surface area contributed by atoms with Crippen molar-refractivity contribution in [2.45, 2.75) is 13.8 Å². The molecule has 0 bridgehead atoms. The molecular formula is C15H14ClN5. The monoisotopic (exact) mass is 299 g/mol. The van der Waals surface area contributed by atoms with E-state index in [0.717, 1.165) is 16.8 Å². The highest BCUT2D eigenvalue weighted by atomic mass is 35.5. The SMILES string of the molecule is Cc1ccc(-n2nnnc2-c2ccc(Cl)c(N)c2)c(C)c1. The van der Waals surface area contributed by atoms with Gasteiger partial charge in [0.05, 0.1) is 16.4 Å². The van der Waals surface area contributed by atoms with Crippen molar-refractivity contribution in [2.75, 3.05) is 5.73 Å². The molecule has 5 nitrogen and oxygen atoms in total. The number of aromatic nitrogens is 4. The second-order valence-corrected chi connectivity index (χ2v) is 5.35. The zero-order valence-corrected chi connectivity index (χ0v) is 12.5. The van der Waals surface area contributed by atoms with Gasteiger partial charge in [0.2, 0.25) is 0 Å². The van der Waals surface area contributed by atoms with Gasteiger partial charge < -0.3 is 5.73 Å². The largest absolute Gasteiger partial charge is 0.398 e. The van der Waals surface area contributed by atoms with E-state index in [-0.39, 0.29) is 0 Å². The molecule has 0 unspecified atom stereocenters. The molecule has 1 aromatic heterocycles. The van der Waals surface area contributed by atoms with Crippen molar-refractivity contribution in [3.05, 3.63) is 52.5 Å². The quantitative estimate of drug-likeness (QED) is 0.738. The van der Waals surface area contributed by atoms with Gasteiger partial charge in [-0.05, 0) is 54.1 Å². The van der Waals surface area contributed by atoms with Crippen molar-refractivity contribution in [1.29, 1.82) is 0 Å². The summed E-state index contributed by atoms with van der Waals surface area (Å²) in [5, 5.41) is 12.5. The van der Waals surface area contributed by atoms with Gasteiger partial charge in [0.25, 0.3) is 0 Å². The van der Waals surface area contributed by atoms with Crippen LogP contribution in [0.25, 0.3) is 17.1 Å². The maximum absolute atomic E-state index is 5.96. The van der Waals surface area contributed by atoms with Crippen molar-refractivity contribution in [2.24, 2.45) is 0 Å². The van der Waals surface area contributed by atoms with Crippen LogP contribution in [0, 0.1) is 13.8 Å². The Morgan fingerprint density at radius 1 is 1.10 bits per heavy atom. The number of tetrazole rings is 1. The molecule has 2 N–H and O–H groups in total. The van der Waals surface area contributed by atoms with Crippen LogP contribution in [0.1, 0.15) is 11.1 Å². The lowest BCUT2D eigenvalue weighted by atomic mass is 10.1. The Balaban J connectivity index is 2.14. The van der Waals surface area contributed by atoms with E-state index in [9.17, 15) is 0 Å². The molecule has 0 amide bonds.